The van der Waals surface area contributed by atoms with Gasteiger partial charge >= 0.3 is 0 Å². The van der Waals surface area contributed by atoms with Crippen LogP contribution in [0.25, 0.3) is 6.08 Å². The van der Waals surface area contributed by atoms with Crippen molar-refractivity contribution < 1.29 is 18.7 Å². The lowest BCUT2D eigenvalue weighted by Crippen LogP contribution is -2.20. The minimum atomic E-state index is -0.295. The average Bonchev–Trinajstić information content (AvgIpc) is 2.66. The Bertz CT molecular complexity index is 741. The molecule has 2 aromatic rings. The van der Waals surface area contributed by atoms with Crippen molar-refractivity contribution in [1.82, 2.24) is 5.32 Å². The third-order valence-corrected chi connectivity index (χ3v) is 3.75. The van der Waals surface area contributed by atoms with Gasteiger partial charge in [-0.1, -0.05) is 31.5 Å². The van der Waals surface area contributed by atoms with E-state index in [1.165, 1.54) is 18.2 Å². The van der Waals surface area contributed by atoms with E-state index in [4.69, 9.17) is 9.47 Å². The Morgan fingerprint density at radius 1 is 1.15 bits per heavy atom. The number of benzene rings is 2. The van der Waals surface area contributed by atoms with Gasteiger partial charge in [-0.2, -0.15) is 0 Å². The molecule has 0 atom stereocenters. The molecule has 0 aliphatic heterocycles. The Morgan fingerprint density at radius 3 is 2.62 bits per heavy atom. The highest BCUT2D eigenvalue weighted by atomic mass is 19.1. The molecule has 2 rings (SSSR count). The van der Waals surface area contributed by atoms with Gasteiger partial charge < -0.3 is 14.8 Å². The lowest BCUT2D eigenvalue weighted by molar-refractivity contribution is -0.116. The monoisotopic (exact) mass is 357 g/mol. The van der Waals surface area contributed by atoms with Gasteiger partial charge in [-0.05, 0) is 47.9 Å². The van der Waals surface area contributed by atoms with E-state index >= 15 is 0 Å². The van der Waals surface area contributed by atoms with Crippen LogP contribution in [0.1, 0.15) is 30.9 Å². The molecule has 2 aromatic carbocycles. The van der Waals surface area contributed by atoms with Gasteiger partial charge in [-0.15, -0.1) is 0 Å². The summed E-state index contributed by atoms with van der Waals surface area (Å²) >= 11 is 0. The van der Waals surface area contributed by atoms with Gasteiger partial charge in [-0.25, -0.2) is 4.39 Å². The number of amides is 1. The highest BCUT2D eigenvalue weighted by Crippen LogP contribution is 2.28. The Morgan fingerprint density at radius 2 is 1.92 bits per heavy atom. The largest absolute Gasteiger partial charge is 0.493 e. The summed E-state index contributed by atoms with van der Waals surface area (Å²) in [6.07, 6.45) is 5.21. The standard InChI is InChI=1S/C21H24FNO3/c1-3-4-13-26-19-11-7-16(14-20(19)25-2)8-12-21(24)23-15-17-5-9-18(22)10-6-17/h5-12,14H,3-4,13,15H2,1-2H3,(H,23,24)/b12-8+. The van der Waals surface area contributed by atoms with Crippen molar-refractivity contribution in [3.8, 4) is 11.5 Å². The van der Waals surface area contributed by atoms with Gasteiger partial charge in [0.25, 0.3) is 0 Å². The Balaban J connectivity index is 1.91. The zero-order chi connectivity index (χ0) is 18.8. The first kappa shape index (κ1) is 19.5. The summed E-state index contributed by atoms with van der Waals surface area (Å²) in [6.45, 7) is 3.10. The highest BCUT2D eigenvalue weighted by Gasteiger charge is 2.05. The van der Waals surface area contributed by atoms with Crippen molar-refractivity contribution >= 4 is 12.0 Å². The fourth-order valence-corrected chi connectivity index (χ4v) is 2.26. The maximum Gasteiger partial charge on any atom is 0.244 e. The second-order valence-electron chi connectivity index (χ2n) is 5.79. The fourth-order valence-electron chi connectivity index (χ4n) is 2.26. The van der Waals surface area contributed by atoms with Crippen LogP contribution in [0.4, 0.5) is 4.39 Å². The first-order chi connectivity index (χ1) is 12.6. The van der Waals surface area contributed by atoms with Crippen LogP contribution in [0.5, 0.6) is 11.5 Å². The molecule has 1 N–H and O–H groups in total. The van der Waals surface area contributed by atoms with E-state index in [-0.39, 0.29) is 11.7 Å². The molecule has 0 unspecified atom stereocenters. The molecule has 26 heavy (non-hydrogen) atoms. The SMILES string of the molecule is CCCCOc1ccc(/C=C/C(=O)NCc2ccc(F)cc2)cc1OC. The number of unbranched alkanes of at least 4 members (excludes halogenated alkanes) is 1. The Kier molecular flexibility index (Phi) is 7.68. The molecule has 0 saturated heterocycles. The molecule has 4 nitrogen and oxygen atoms in total. The predicted octanol–water partition coefficient (Wildman–Crippen LogP) is 4.34. The number of rotatable bonds is 9. The molecule has 0 aromatic heterocycles. The number of halogens is 1. The smallest absolute Gasteiger partial charge is 0.244 e. The number of methoxy groups -OCH3 is 1. The summed E-state index contributed by atoms with van der Waals surface area (Å²) in [5.74, 6) is 0.807. The lowest BCUT2D eigenvalue weighted by Gasteiger charge is -2.11. The van der Waals surface area contributed by atoms with Crippen LogP contribution in [0.2, 0.25) is 0 Å². The van der Waals surface area contributed by atoms with E-state index in [1.54, 1.807) is 25.3 Å². The van der Waals surface area contributed by atoms with Crippen LogP contribution >= 0.6 is 0 Å². The Hall–Kier alpha value is -2.82. The van der Waals surface area contributed by atoms with Gasteiger partial charge in [-0.3, -0.25) is 4.79 Å². The lowest BCUT2D eigenvalue weighted by atomic mass is 10.2. The van der Waals surface area contributed by atoms with Gasteiger partial charge in [0, 0.05) is 12.6 Å². The van der Waals surface area contributed by atoms with Crippen LogP contribution in [0.3, 0.4) is 0 Å². The molecular weight excluding hydrogens is 333 g/mol. The highest BCUT2D eigenvalue weighted by molar-refractivity contribution is 5.91. The molecule has 0 saturated carbocycles. The summed E-state index contributed by atoms with van der Waals surface area (Å²) < 4.78 is 23.9. The third-order valence-electron chi connectivity index (χ3n) is 3.75. The zero-order valence-electron chi connectivity index (χ0n) is 15.1. The van der Waals surface area contributed by atoms with Gasteiger partial charge in [0.2, 0.25) is 5.91 Å². The third kappa shape index (κ3) is 6.24. The van der Waals surface area contributed by atoms with Crippen molar-refractivity contribution in [3.05, 3.63) is 65.5 Å². The predicted molar refractivity (Wildman–Crippen MR) is 101 cm³/mol. The molecule has 0 heterocycles. The summed E-state index contributed by atoms with van der Waals surface area (Å²) in [6, 6.07) is 11.5. The zero-order valence-corrected chi connectivity index (χ0v) is 15.1. The number of hydrogen-bond donors (Lipinski definition) is 1. The first-order valence-corrected chi connectivity index (χ1v) is 8.63. The van der Waals surface area contributed by atoms with E-state index in [1.807, 2.05) is 18.2 Å². The van der Waals surface area contributed by atoms with Crippen molar-refractivity contribution in [2.75, 3.05) is 13.7 Å². The molecule has 138 valence electrons. The summed E-state index contributed by atoms with van der Waals surface area (Å²) in [5, 5.41) is 2.76. The number of carbonyl (C=O) groups is 1. The van der Waals surface area contributed by atoms with E-state index in [0.29, 0.717) is 24.7 Å². The minimum absolute atomic E-state index is 0.225. The molecule has 0 fully saturated rings. The first-order valence-electron chi connectivity index (χ1n) is 8.63. The average molecular weight is 357 g/mol. The molecule has 0 aliphatic rings. The molecule has 0 spiro atoms. The van der Waals surface area contributed by atoms with E-state index in [9.17, 15) is 9.18 Å². The Labute approximate surface area is 153 Å². The van der Waals surface area contributed by atoms with Crippen LogP contribution < -0.4 is 14.8 Å². The molecule has 1 amide bonds. The second-order valence-corrected chi connectivity index (χ2v) is 5.79. The fraction of sp³-hybridized carbons (Fsp3) is 0.286. The van der Waals surface area contributed by atoms with Crippen LogP contribution in [0.15, 0.2) is 48.5 Å². The van der Waals surface area contributed by atoms with Gasteiger partial charge in [0.1, 0.15) is 5.82 Å². The molecule has 0 bridgehead atoms. The van der Waals surface area contributed by atoms with Crippen LogP contribution in [0, 0.1) is 5.82 Å². The number of carbonyl (C=O) groups excluding carboxylic acids is 1. The summed E-state index contributed by atoms with van der Waals surface area (Å²) in [7, 11) is 1.59. The van der Waals surface area contributed by atoms with Gasteiger partial charge in [0.15, 0.2) is 11.5 Å². The number of ether oxygens (including phenoxy) is 2. The maximum atomic E-state index is 12.9. The number of nitrogens with one attached hydrogen (secondary N) is 1. The quantitative estimate of drug-likeness (QED) is 0.536. The molecule has 0 radical (unpaired) electrons. The van der Waals surface area contributed by atoms with Crippen LogP contribution in [-0.2, 0) is 11.3 Å². The van der Waals surface area contributed by atoms with E-state index < -0.39 is 0 Å². The molecule has 0 aliphatic carbocycles. The second kappa shape index (κ2) is 10.2. The number of hydrogen-bond acceptors (Lipinski definition) is 3. The molecule has 5 heteroatoms. The minimum Gasteiger partial charge on any atom is -0.493 e. The van der Waals surface area contributed by atoms with Crippen molar-refractivity contribution in [2.45, 2.75) is 26.3 Å². The summed E-state index contributed by atoms with van der Waals surface area (Å²) in [4.78, 5) is 11.9. The van der Waals surface area contributed by atoms with E-state index in [2.05, 4.69) is 12.2 Å². The summed E-state index contributed by atoms with van der Waals surface area (Å²) in [5.41, 5.74) is 1.67. The van der Waals surface area contributed by atoms with E-state index in [0.717, 1.165) is 24.0 Å². The van der Waals surface area contributed by atoms with Gasteiger partial charge in [0.05, 0.1) is 13.7 Å². The topological polar surface area (TPSA) is 47.6 Å². The van der Waals surface area contributed by atoms with Crippen LogP contribution in [-0.4, -0.2) is 19.6 Å². The molecular formula is C21H24FNO3. The maximum absolute atomic E-state index is 12.9. The normalized spacial score (nSPS) is 10.7. The van der Waals surface area contributed by atoms with Crippen molar-refractivity contribution in [2.24, 2.45) is 0 Å². The van der Waals surface area contributed by atoms with Crippen molar-refractivity contribution in [3.63, 3.8) is 0 Å². The van der Waals surface area contributed by atoms with Crippen molar-refractivity contribution in [1.29, 1.82) is 0 Å².